The molecule has 3 rings (SSSR count). The molecule has 112 valence electrons. The Morgan fingerprint density at radius 1 is 1.22 bits per heavy atom. The second-order valence-electron chi connectivity index (χ2n) is 4.72. The van der Waals surface area contributed by atoms with Crippen LogP contribution in [0.4, 0.5) is 5.69 Å². The molecule has 0 spiro atoms. The Hall–Kier alpha value is -2.61. The minimum Gasteiger partial charge on any atom is -0.321 e. The predicted octanol–water partition coefficient (Wildman–Crippen LogP) is 4.70. The standard InChI is InChI=1S/C18H11ClN2OS/c1-2-12-4-3-5-15(10-12)20-17(22)16-11-23-18(21-16)13-6-8-14(19)9-7-13/h1,3-11H,(H,20,22). The van der Waals surface area contributed by atoms with Gasteiger partial charge in [-0.25, -0.2) is 4.98 Å². The van der Waals surface area contributed by atoms with Crippen LogP contribution in [0, 0.1) is 12.3 Å². The number of rotatable bonds is 3. The summed E-state index contributed by atoms with van der Waals surface area (Å²) >= 11 is 7.28. The highest BCUT2D eigenvalue weighted by molar-refractivity contribution is 7.13. The average molecular weight is 339 g/mol. The molecule has 0 saturated heterocycles. The molecule has 3 aromatic rings. The van der Waals surface area contributed by atoms with Gasteiger partial charge in [0.15, 0.2) is 0 Å². The lowest BCUT2D eigenvalue weighted by molar-refractivity contribution is 0.102. The lowest BCUT2D eigenvalue weighted by Gasteiger charge is -2.03. The molecule has 0 aliphatic rings. The van der Waals surface area contributed by atoms with E-state index in [0.717, 1.165) is 10.6 Å². The Bertz CT molecular complexity index is 894. The highest BCUT2D eigenvalue weighted by Crippen LogP contribution is 2.25. The molecule has 0 radical (unpaired) electrons. The van der Waals surface area contributed by atoms with E-state index in [-0.39, 0.29) is 5.91 Å². The number of hydrogen-bond donors (Lipinski definition) is 1. The largest absolute Gasteiger partial charge is 0.321 e. The van der Waals surface area contributed by atoms with Crippen LogP contribution in [0.3, 0.4) is 0 Å². The van der Waals surface area contributed by atoms with E-state index in [1.165, 1.54) is 11.3 Å². The molecule has 0 saturated carbocycles. The van der Waals surface area contributed by atoms with Crippen molar-refractivity contribution in [3.05, 3.63) is 70.2 Å². The molecule has 0 fully saturated rings. The van der Waals surface area contributed by atoms with Crippen LogP contribution in [0.15, 0.2) is 53.9 Å². The first-order chi connectivity index (χ1) is 11.2. The van der Waals surface area contributed by atoms with Crippen LogP contribution >= 0.6 is 22.9 Å². The van der Waals surface area contributed by atoms with Crippen molar-refractivity contribution in [2.45, 2.75) is 0 Å². The number of halogens is 1. The van der Waals surface area contributed by atoms with Crippen molar-refractivity contribution in [2.75, 3.05) is 5.32 Å². The van der Waals surface area contributed by atoms with Gasteiger partial charge in [0.1, 0.15) is 10.7 Å². The molecular weight excluding hydrogens is 328 g/mol. The zero-order chi connectivity index (χ0) is 16.2. The van der Waals surface area contributed by atoms with Crippen molar-refractivity contribution >= 4 is 34.5 Å². The van der Waals surface area contributed by atoms with Crippen LogP contribution in [0.25, 0.3) is 10.6 Å². The smallest absolute Gasteiger partial charge is 0.275 e. The summed E-state index contributed by atoms with van der Waals surface area (Å²) in [6.07, 6.45) is 5.36. The van der Waals surface area contributed by atoms with E-state index in [1.54, 1.807) is 41.8 Å². The lowest BCUT2D eigenvalue weighted by atomic mass is 10.2. The van der Waals surface area contributed by atoms with Gasteiger partial charge in [-0.05, 0) is 30.3 Å². The molecule has 3 nitrogen and oxygen atoms in total. The predicted molar refractivity (Wildman–Crippen MR) is 94.9 cm³/mol. The quantitative estimate of drug-likeness (QED) is 0.703. The zero-order valence-corrected chi connectivity index (χ0v) is 13.5. The maximum atomic E-state index is 12.3. The highest BCUT2D eigenvalue weighted by atomic mass is 35.5. The van der Waals surface area contributed by atoms with Crippen LogP contribution in [-0.2, 0) is 0 Å². The summed E-state index contributed by atoms with van der Waals surface area (Å²) in [5.74, 6) is 2.27. The summed E-state index contributed by atoms with van der Waals surface area (Å²) in [6.45, 7) is 0. The number of carbonyl (C=O) groups is 1. The minimum absolute atomic E-state index is 0.268. The van der Waals surface area contributed by atoms with E-state index >= 15 is 0 Å². The van der Waals surface area contributed by atoms with Gasteiger partial charge in [-0.2, -0.15) is 0 Å². The molecule has 0 aliphatic heterocycles. The molecule has 1 aromatic heterocycles. The molecule has 2 aromatic carbocycles. The molecule has 5 heteroatoms. The summed E-state index contributed by atoms with van der Waals surface area (Å²) in [5.41, 5.74) is 2.65. The number of benzene rings is 2. The first-order valence-corrected chi connectivity index (χ1v) is 8.01. The van der Waals surface area contributed by atoms with Crippen molar-refractivity contribution in [1.82, 2.24) is 4.98 Å². The summed E-state index contributed by atoms with van der Waals surface area (Å²) in [4.78, 5) is 16.6. The first kappa shape index (κ1) is 15.3. The zero-order valence-electron chi connectivity index (χ0n) is 11.9. The minimum atomic E-state index is -0.268. The Kier molecular flexibility index (Phi) is 4.42. The Labute approximate surface area is 143 Å². The van der Waals surface area contributed by atoms with E-state index in [9.17, 15) is 4.79 Å². The Morgan fingerprint density at radius 3 is 2.74 bits per heavy atom. The summed E-state index contributed by atoms with van der Waals surface area (Å²) in [7, 11) is 0. The fourth-order valence-corrected chi connectivity index (χ4v) is 2.92. The maximum Gasteiger partial charge on any atom is 0.275 e. The number of thiazole rings is 1. The van der Waals surface area contributed by atoms with E-state index in [1.807, 2.05) is 12.1 Å². The topological polar surface area (TPSA) is 42.0 Å². The molecule has 1 amide bonds. The van der Waals surface area contributed by atoms with Crippen LogP contribution in [0.5, 0.6) is 0 Å². The molecule has 0 atom stereocenters. The van der Waals surface area contributed by atoms with E-state index < -0.39 is 0 Å². The van der Waals surface area contributed by atoms with Crippen molar-refractivity contribution in [2.24, 2.45) is 0 Å². The van der Waals surface area contributed by atoms with Gasteiger partial charge in [-0.3, -0.25) is 4.79 Å². The Balaban J connectivity index is 1.78. The third-order valence-electron chi connectivity index (χ3n) is 3.12. The van der Waals surface area contributed by atoms with Crippen LogP contribution in [0.2, 0.25) is 5.02 Å². The third-order valence-corrected chi connectivity index (χ3v) is 4.26. The first-order valence-electron chi connectivity index (χ1n) is 6.75. The molecule has 1 N–H and O–H groups in total. The number of terminal acetylenes is 1. The normalized spacial score (nSPS) is 10.1. The van der Waals surface area contributed by atoms with Crippen molar-refractivity contribution in [1.29, 1.82) is 0 Å². The number of hydrogen-bond acceptors (Lipinski definition) is 3. The number of carbonyl (C=O) groups excluding carboxylic acids is 1. The van der Waals surface area contributed by atoms with Gasteiger partial charge >= 0.3 is 0 Å². The van der Waals surface area contributed by atoms with Gasteiger partial charge in [0.2, 0.25) is 0 Å². The van der Waals surface area contributed by atoms with Gasteiger partial charge in [0.05, 0.1) is 0 Å². The number of nitrogens with one attached hydrogen (secondary N) is 1. The van der Waals surface area contributed by atoms with Gasteiger partial charge in [0.25, 0.3) is 5.91 Å². The molecule has 1 heterocycles. The van der Waals surface area contributed by atoms with Crippen molar-refractivity contribution in [3.63, 3.8) is 0 Å². The van der Waals surface area contributed by atoms with Gasteiger partial charge in [0, 0.05) is 27.2 Å². The van der Waals surface area contributed by atoms with Crippen molar-refractivity contribution in [3.8, 4) is 22.9 Å². The monoisotopic (exact) mass is 338 g/mol. The summed E-state index contributed by atoms with van der Waals surface area (Å²) in [6, 6.07) is 14.5. The van der Waals surface area contributed by atoms with Crippen LogP contribution < -0.4 is 5.32 Å². The fourth-order valence-electron chi connectivity index (χ4n) is 1.98. The number of nitrogens with zero attached hydrogens (tertiary/aromatic N) is 1. The Morgan fingerprint density at radius 2 is 2.00 bits per heavy atom. The van der Waals surface area contributed by atoms with E-state index in [2.05, 4.69) is 16.2 Å². The molecular formula is C18H11ClN2OS. The summed E-state index contributed by atoms with van der Waals surface area (Å²) < 4.78 is 0. The summed E-state index contributed by atoms with van der Waals surface area (Å²) in [5, 5.41) is 5.95. The lowest BCUT2D eigenvalue weighted by Crippen LogP contribution is -2.12. The highest BCUT2D eigenvalue weighted by Gasteiger charge is 2.12. The van der Waals surface area contributed by atoms with Crippen molar-refractivity contribution < 1.29 is 4.79 Å². The molecule has 0 aliphatic carbocycles. The second-order valence-corrected chi connectivity index (χ2v) is 6.02. The molecule has 0 bridgehead atoms. The number of aromatic nitrogens is 1. The number of anilines is 1. The fraction of sp³-hybridized carbons (Fsp3) is 0. The van der Waals surface area contributed by atoms with Gasteiger partial charge in [-0.1, -0.05) is 35.7 Å². The third kappa shape index (κ3) is 3.59. The average Bonchev–Trinajstić information content (AvgIpc) is 3.06. The molecule has 23 heavy (non-hydrogen) atoms. The van der Waals surface area contributed by atoms with E-state index in [4.69, 9.17) is 18.0 Å². The molecule has 0 unspecified atom stereocenters. The van der Waals surface area contributed by atoms with Gasteiger partial charge in [-0.15, -0.1) is 17.8 Å². The van der Waals surface area contributed by atoms with E-state index in [0.29, 0.717) is 22.0 Å². The second kappa shape index (κ2) is 6.66. The maximum absolute atomic E-state index is 12.3. The van der Waals surface area contributed by atoms with Crippen LogP contribution in [0.1, 0.15) is 16.1 Å². The SMILES string of the molecule is C#Cc1cccc(NC(=O)c2csc(-c3ccc(Cl)cc3)n2)c1. The number of amides is 1. The van der Waals surface area contributed by atoms with Crippen LogP contribution in [-0.4, -0.2) is 10.9 Å². The van der Waals surface area contributed by atoms with Gasteiger partial charge < -0.3 is 5.32 Å².